The number of hydrogen-bond donors (Lipinski definition) is 1. The molecule has 0 fully saturated rings. The first kappa shape index (κ1) is 9.46. The lowest BCUT2D eigenvalue weighted by atomic mass is 11.3. The van der Waals surface area contributed by atoms with Crippen molar-refractivity contribution < 1.29 is 4.43 Å². The van der Waals surface area contributed by atoms with Crippen LogP contribution in [0.25, 0.3) is 0 Å². The van der Waals surface area contributed by atoms with Crippen LogP contribution < -0.4 is 5.32 Å². The molecule has 40 valence electrons. The third kappa shape index (κ3) is 2170. The quantitative estimate of drug-likeness (QED) is 0.391. The van der Waals surface area contributed by atoms with Gasteiger partial charge < -0.3 is 9.74 Å². The summed E-state index contributed by atoms with van der Waals surface area (Å²) in [5.74, 6) is 0. The molecule has 0 saturated heterocycles. The third-order valence-corrected chi connectivity index (χ3v) is 0. The lowest BCUT2D eigenvalue weighted by Gasteiger charge is -1.61. The largest absolute Gasteiger partial charge is 0.431 e. The molecular weight excluding hydrogens is 94.1 g/mol. The molecule has 0 saturated carbocycles. The highest BCUT2D eigenvalue weighted by molar-refractivity contribution is 5.97. The van der Waals surface area contributed by atoms with Crippen LogP contribution >= 0.6 is 0 Å². The Labute approximate surface area is 42.4 Å². The molecule has 0 bridgehead atoms. The van der Waals surface area contributed by atoms with Gasteiger partial charge >= 0.3 is 0 Å². The summed E-state index contributed by atoms with van der Waals surface area (Å²) in [4.78, 5) is 0. The molecule has 0 spiro atoms. The van der Waals surface area contributed by atoms with E-state index in [1.807, 2.05) is 14.1 Å². The van der Waals surface area contributed by atoms with E-state index in [0.29, 0.717) is 0 Å². The van der Waals surface area contributed by atoms with E-state index in [1.54, 1.807) is 7.11 Å². The van der Waals surface area contributed by atoms with Gasteiger partial charge in [0.15, 0.2) is 0 Å². The van der Waals surface area contributed by atoms with E-state index in [9.17, 15) is 0 Å². The minimum Gasteiger partial charge on any atom is -0.431 e. The second-order valence-corrected chi connectivity index (χ2v) is 1.72. The molecule has 0 aliphatic rings. The van der Waals surface area contributed by atoms with Crippen molar-refractivity contribution >= 4 is 10.5 Å². The first-order valence-electron chi connectivity index (χ1n) is 1.82. The number of nitrogens with one attached hydrogen (secondary N) is 1. The van der Waals surface area contributed by atoms with Crippen LogP contribution in [0.4, 0.5) is 0 Å². The predicted molar refractivity (Wildman–Crippen MR) is 31.9 cm³/mol. The lowest BCUT2D eigenvalue weighted by molar-refractivity contribution is 0.460. The van der Waals surface area contributed by atoms with E-state index in [0.717, 1.165) is 10.5 Å². The van der Waals surface area contributed by atoms with E-state index in [4.69, 9.17) is 0 Å². The second-order valence-electron chi connectivity index (χ2n) is 0.908. The maximum Gasteiger partial charge on any atom is 0.145 e. The highest BCUT2D eigenvalue weighted by Gasteiger charge is 1.27. The molecule has 0 rings (SSSR count). The summed E-state index contributed by atoms with van der Waals surface area (Å²) >= 11 is 0. The van der Waals surface area contributed by atoms with Crippen molar-refractivity contribution in [1.82, 2.24) is 5.32 Å². The normalized spacial score (nSPS) is 6.50. The molecule has 0 atom stereocenters. The summed E-state index contributed by atoms with van der Waals surface area (Å²) < 4.78 is 4.39. The minimum atomic E-state index is 0.869. The summed E-state index contributed by atoms with van der Waals surface area (Å²) in [7, 11) is 6.31. The SMILES string of the molecule is CNC.CO[SiH3]. The first-order chi connectivity index (χ1) is 2.83. The third-order valence-electron chi connectivity index (χ3n) is 0. The Balaban J connectivity index is 0. The first-order valence-corrected chi connectivity index (χ1v) is 2.63. The van der Waals surface area contributed by atoms with Crippen molar-refractivity contribution in [2.24, 2.45) is 0 Å². The van der Waals surface area contributed by atoms with Crippen molar-refractivity contribution in [2.75, 3.05) is 21.2 Å². The zero-order chi connectivity index (χ0) is 5.41. The van der Waals surface area contributed by atoms with E-state index < -0.39 is 0 Å². The molecule has 6 heavy (non-hydrogen) atoms. The van der Waals surface area contributed by atoms with Crippen molar-refractivity contribution in [3.63, 3.8) is 0 Å². The standard InChI is InChI=1S/C2H7N.CH6OSi/c1-3-2;1-2-3/h3H,1-2H3;1,3H3. The molecule has 0 unspecified atom stereocenters. The van der Waals surface area contributed by atoms with Gasteiger partial charge in [-0.3, -0.25) is 0 Å². The van der Waals surface area contributed by atoms with E-state index in [1.165, 1.54) is 0 Å². The summed E-state index contributed by atoms with van der Waals surface area (Å²) in [6.45, 7) is 0. The molecule has 0 aromatic rings. The minimum absolute atomic E-state index is 0.869. The molecule has 3 heteroatoms. The number of hydrogen-bond acceptors (Lipinski definition) is 2. The Morgan fingerprint density at radius 1 is 1.50 bits per heavy atom. The summed E-state index contributed by atoms with van der Waals surface area (Å²) in [6.07, 6.45) is 0. The predicted octanol–water partition coefficient (Wildman–Crippen LogP) is -1.25. The van der Waals surface area contributed by atoms with E-state index >= 15 is 0 Å². The van der Waals surface area contributed by atoms with Gasteiger partial charge in [-0.1, -0.05) is 0 Å². The number of rotatable bonds is 0. The summed E-state index contributed by atoms with van der Waals surface area (Å²) in [5.41, 5.74) is 0. The van der Waals surface area contributed by atoms with Crippen molar-refractivity contribution in [2.45, 2.75) is 0 Å². The Bertz CT molecular complexity index is 12.8. The van der Waals surface area contributed by atoms with Gasteiger partial charge in [-0.05, 0) is 14.1 Å². The van der Waals surface area contributed by atoms with Crippen LogP contribution in [0.2, 0.25) is 0 Å². The van der Waals surface area contributed by atoms with Crippen LogP contribution in [0.1, 0.15) is 0 Å². The zero-order valence-corrected chi connectivity index (χ0v) is 6.91. The maximum atomic E-state index is 4.39. The van der Waals surface area contributed by atoms with Gasteiger partial charge in [0, 0.05) is 7.11 Å². The van der Waals surface area contributed by atoms with Gasteiger partial charge in [0.25, 0.3) is 0 Å². The van der Waals surface area contributed by atoms with Gasteiger partial charge in [-0.25, -0.2) is 0 Å². The average Bonchev–Trinajstić information content (AvgIpc) is 1.39. The molecule has 0 radical (unpaired) electrons. The second kappa shape index (κ2) is 19.3. The Morgan fingerprint density at radius 2 is 1.50 bits per heavy atom. The van der Waals surface area contributed by atoms with Crippen molar-refractivity contribution in [1.29, 1.82) is 0 Å². The summed E-state index contributed by atoms with van der Waals surface area (Å²) in [6, 6.07) is 0. The molecule has 0 aliphatic heterocycles. The molecule has 0 aromatic carbocycles. The van der Waals surface area contributed by atoms with Crippen LogP contribution in [0.3, 0.4) is 0 Å². The van der Waals surface area contributed by atoms with Gasteiger partial charge in [0.1, 0.15) is 10.5 Å². The molecule has 0 amide bonds. The molecule has 0 heterocycles. The monoisotopic (exact) mass is 107 g/mol. The Kier molecular flexibility index (Phi) is 30.4. The van der Waals surface area contributed by atoms with Crippen molar-refractivity contribution in [3.05, 3.63) is 0 Å². The van der Waals surface area contributed by atoms with Crippen LogP contribution in [-0.4, -0.2) is 31.7 Å². The van der Waals surface area contributed by atoms with Crippen LogP contribution in [0, 0.1) is 0 Å². The molecular formula is C3H13NOSi. The highest BCUT2D eigenvalue weighted by atomic mass is 28.2. The van der Waals surface area contributed by atoms with Crippen LogP contribution in [0.5, 0.6) is 0 Å². The summed E-state index contributed by atoms with van der Waals surface area (Å²) in [5, 5.41) is 2.75. The molecule has 0 aromatic heterocycles. The van der Waals surface area contributed by atoms with Crippen LogP contribution in [-0.2, 0) is 4.43 Å². The van der Waals surface area contributed by atoms with Gasteiger partial charge in [-0.15, -0.1) is 0 Å². The van der Waals surface area contributed by atoms with Crippen LogP contribution in [0.15, 0.2) is 0 Å². The van der Waals surface area contributed by atoms with E-state index in [2.05, 4.69) is 9.74 Å². The van der Waals surface area contributed by atoms with Crippen molar-refractivity contribution in [3.8, 4) is 0 Å². The Hall–Kier alpha value is 0.137. The van der Waals surface area contributed by atoms with E-state index in [-0.39, 0.29) is 0 Å². The highest BCUT2D eigenvalue weighted by Crippen LogP contribution is 1.24. The zero-order valence-electron chi connectivity index (χ0n) is 4.91. The maximum absolute atomic E-state index is 4.39. The smallest absolute Gasteiger partial charge is 0.145 e. The van der Waals surface area contributed by atoms with Gasteiger partial charge in [-0.2, -0.15) is 0 Å². The Morgan fingerprint density at radius 3 is 1.50 bits per heavy atom. The topological polar surface area (TPSA) is 21.3 Å². The molecule has 0 aliphatic carbocycles. The average molecular weight is 107 g/mol. The fourth-order valence-corrected chi connectivity index (χ4v) is 0. The van der Waals surface area contributed by atoms with Gasteiger partial charge in [0.2, 0.25) is 0 Å². The molecule has 1 N–H and O–H groups in total. The fourth-order valence-electron chi connectivity index (χ4n) is 0. The fraction of sp³-hybridized carbons (Fsp3) is 1.00. The van der Waals surface area contributed by atoms with Gasteiger partial charge in [0.05, 0.1) is 0 Å². The lowest BCUT2D eigenvalue weighted by Crippen LogP contribution is -1.89. The molecule has 2 nitrogen and oxygen atoms in total.